The lowest BCUT2D eigenvalue weighted by atomic mass is 10.1. The van der Waals surface area contributed by atoms with Crippen molar-refractivity contribution in [3.63, 3.8) is 0 Å². The van der Waals surface area contributed by atoms with Crippen molar-refractivity contribution in [2.45, 2.75) is 51.0 Å². The fraction of sp³-hybridized carbons (Fsp3) is 0.455. The predicted molar refractivity (Wildman–Crippen MR) is 110 cm³/mol. The van der Waals surface area contributed by atoms with E-state index in [4.69, 9.17) is 0 Å². The molecule has 2 N–H and O–H groups in total. The Hall–Kier alpha value is -2.56. The largest absolute Gasteiger partial charge is 0.372 e. The number of piperidine rings is 1. The molecule has 0 spiro atoms. The van der Waals surface area contributed by atoms with Crippen molar-refractivity contribution in [3.8, 4) is 0 Å². The molecule has 2 aromatic rings. The van der Waals surface area contributed by atoms with Crippen LogP contribution in [0.1, 0.15) is 55.4 Å². The first-order chi connectivity index (χ1) is 13.3. The third-order valence-electron chi connectivity index (χ3n) is 5.56. The van der Waals surface area contributed by atoms with Crippen LogP contribution in [0, 0.1) is 0 Å². The standard InChI is InChI=1S/C22H28N4O/c27-22(25-17-6-2-3-7-17)21-13-10-19(16-23-21)24-18-8-11-20(12-9-18)26-14-4-1-5-15-26/h8-13,16-17,24H,1-7,14-15H2,(H,25,27). The molecule has 5 nitrogen and oxygen atoms in total. The summed E-state index contributed by atoms with van der Waals surface area (Å²) in [6.07, 6.45) is 10.2. The number of pyridine rings is 1. The van der Waals surface area contributed by atoms with E-state index in [1.807, 2.05) is 6.07 Å². The minimum Gasteiger partial charge on any atom is -0.372 e. The van der Waals surface area contributed by atoms with Crippen LogP contribution in [0.4, 0.5) is 17.1 Å². The summed E-state index contributed by atoms with van der Waals surface area (Å²) in [7, 11) is 0. The molecule has 27 heavy (non-hydrogen) atoms. The van der Waals surface area contributed by atoms with Gasteiger partial charge in [0.15, 0.2) is 0 Å². The van der Waals surface area contributed by atoms with Crippen LogP contribution in [-0.4, -0.2) is 30.0 Å². The van der Waals surface area contributed by atoms with E-state index in [9.17, 15) is 4.79 Å². The number of benzene rings is 1. The number of nitrogens with one attached hydrogen (secondary N) is 2. The van der Waals surface area contributed by atoms with Crippen LogP contribution in [0.25, 0.3) is 0 Å². The van der Waals surface area contributed by atoms with E-state index in [2.05, 4.69) is 44.8 Å². The molecule has 1 aromatic carbocycles. The molecule has 1 aliphatic carbocycles. The van der Waals surface area contributed by atoms with Crippen molar-refractivity contribution in [1.82, 2.24) is 10.3 Å². The molecule has 2 aliphatic rings. The van der Waals surface area contributed by atoms with Gasteiger partial charge in [-0.3, -0.25) is 4.79 Å². The van der Waals surface area contributed by atoms with Gasteiger partial charge in [-0.15, -0.1) is 0 Å². The molecule has 2 fully saturated rings. The number of aromatic nitrogens is 1. The zero-order valence-electron chi connectivity index (χ0n) is 15.8. The summed E-state index contributed by atoms with van der Waals surface area (Å²) in [6, 6.07) is 12.6. The summed E-state index contributed by atoms with van der Waals surface area (Å²) in [5.41, 5.74) is 3.68. The van der Waals surface area contributed by atoms with Gasteiger partial charge in [0, 0.05) is 30.5 Å². The summed E-state index contributed by atoms with van der Waals surface area (Å²) in [5.74, 6) is -0.0701. The summed E-state index contributed by atoms with van der Waals surface area (Å²) >= 11 is 0. The molecule has 1 saturated heterocycles. The van der Waals surface area contributed by atoms with Crippen LogP contribution < -0.4 is 15.5 Å². The average Bonchev–Trinajstić information content (AvgIpc) is 3.23. The highest BCUT2D eigenvalue weighted by molar-refractivity contribution is 5.92. The molecular weight excluding hydrogens is 336 g/mol. The van der Waals surface area contributed by atoms with E-state index in [1.165, 1.54) is 37.8 Å². The first-order valence-electron chi connectivity index (χ1n) is 10.2. The fourth-order valence-corrected chi connectivity index (χ4v) is 4.01. The van der Waals surface area contributed by atoms with Gasteiger partial charge < -0.3 is 15.5 Å². The lowest BCUT2D eigenvalue weighted by Crippen LogP contribution is -2.33. The summed E-state index contributed by atoms with van der Waals surface area (Å²) in [5, 5.41) is 6.44. The van der Waals surface area contributed by atoms with Gasteiger partial charge in [-0.25, -0.2) is 4.98 Å². The number of rotatable bonds is 5. The lowest BCUT2D eigenvalue weighted by Gasteiger charge is -2.28. The third-order valence-corrected chi connectivity index (χ3v) is 5.56. The monoisotopic (exact) mass is 364 g/mol. The topological polar surface area (TPSA) is 57.3 Å². The number of amides is 1. The Morgan fingerprint density at radius 1 is 0.889 bits per heavy atom. The van der Waals surface area contributed by atoms with Gasteiger partial charge in [-0.1, -0.05) is 12.8 Å². The van der Waals surface area contributed by atoms with Crippen molar-refractivity contribution in [1.29, 1.82) is 0 Å². The number of carbonyl (C=O) groups is 1. The van der Waals surface area contributed by atoms with Crippen LogP contribution >= 0.6 is 0 Å². The molecule has 0 unspecified atom stereocenters. The SMILES string of the molecule is O=C(NC1CCCC1)c1ccc(Nc2ccc(N3CCCCC3)cc2)cn1. The van der Waals surface area contributed by atoms with Crippen molar-refractivity contribution < 1.29 is 4.79 Å². The van der Waals surface area contributed by atoms with E-state index in [0.717, 1.165) is 37.3 Å². The van der Waals surface area contributed by atoms with Crippen molar-refractivity contribution >= 4 is 23.0 Å². The molecule has 4 rings (SSSR count). The van der Waals surface area contributed by atoms with Crippen LogP contribution in [0.3, 0.4) is 0 Å². The maximum atomic E-state index is 12.3. The number of nitrogens with zero attached hydrogens (tertiary/aromatic N) is 2. The minimum absolute atomic E-state index is 0.0701. The highest BCUT2D eigenvalue weighted by atomic mass is 16.1. The van der Waals surface area contributed by atoms with Crippen LogP contribution in [0.5, 0.6) is 0 Å². The fourth-order valence-electron chi connectivity index (χ4n) is 4.01. The van der Waals surface area contributed by atoms with Crippen molar-refractivity contribution in [2.24, 2.45) is 0 Å². The normalized spacial score (nSPS) is 17.7. The van der Waals surface area contributed by atoms with E-state index >= 15 is 0 Å². The highest BCUT2D eigenvalue weighted by Gasteiger charge is 2.18. The zero-order chi connectivity index (χ0) is 18.5. The summed E-state index contributed by atoms with van der Waals surface area (Å²) < 4.78 is 0. The summed E-state index contributed by atoms with van der Waals surface area (Å²) in [4.78, 5) is 19.0. The summed E-state index contributed by atoms with van der Waals surface area (Å²) in [6.45, 7) is 2.31. The Labute approximate surface area is 161 Å². The number of hydrogen-bond acceptors (Lipinski definition) is 4. The van der Waals surface area contributed by atoms with Gasteiger partial charge >= 0.3 is 0 Å². The molecule has 1 amide bonds. The Morgan fingerprint density at radius 3 is 2.26 bits per heavy atom. The predicted octanol–water partition coefficient (Wildman–Crippen LogP) is 4.49. The highest BCUT2D eigenvalue weighted by Crippen LogP contribution is 2.24. The van der Waals surface area contributed by atoms with Crippen LogP contribution in [0.15, 0.2) is 42.6 Å². The number of hydrogen-bond donors (Lipinski definition) is 2. The lowest BCUT2D eigenvalue weighted by molar-refractivity contribution is 0.0933. The van der Waals surface area contributed by atoms with Gasteiger partial charge in [-0.05, 0) is 68.5 Å². The molecule has 0 radical (unpaired) electrons. The second-order valence-electron chi connectivity index (χ2n) is 7.61. The van der Waals surface area contributed by atoms with Gasteiger partial charge in [0.2, 0.25) is 0 Å². The Kier molecular flexibility index (Phi) is 5.56. The molecule has 1 saturated carbocycles. The van der Waals surface area contributed by atoms with Crippen LogP contribution in [0.2, 0.25) is 0 Å². The molecular formula is C22H28N4O. The molecule has 0 atom stereocenters. The Morgan fingerprint density at radius 2 is 1.59 bits per heavy atom. The van der Waals surface area contributed by atoms with Gasteiger partial charge in [0.1, 0.15) is 5.69 Å². The molecule has 0 bridgehead atoms. The maximum absolute atomic E-state index is 12.3. The Bertz CT molecular complexity index is 745. The van der Waals surface area contributed by atoms with Gasteiger partial charge in [0.25, 0.3) is 5.91 Å². The van der Waals surface area contributed by atoms with Gasteiger partial charge in [0.05, 0.1) is 11.9 Å². The van der Waals surface area contributed by atoms with E-state index in [1.54, 1.807) is 12.3 Å². The number of carbonyl (C=O) groups excluding carboxylic acids is 1. The maximum Gasteiger partial charge on any atom is 0.270 e. The third kappa shape index (κ3) is 4.59. The first-order valence-corrected chi connectivity index (χ1v) is 10.2. The van der Waals surface area contributed by atoms with E-state index in [0.29, 0.717) is 11.7 Å². The first kappa shape index (κ1) is 17.8. The van der Waals surface area contributed by atoms with Gasteiger partial charge in [-0.2, -0.15) is 0 Å². The van der Waals surface area contributed by atoms with Crippen molar-refractivity contribution in [2.75, 3.05) is 23.3 Å². The smallest absolute Gasteiger partial charge is 0.270 e. The molecule has 142 valence electrons. The second-order valence-corrected chi connectivity index (χ2v) is 7.61. The molecule has 5 heteroatoms. The molecule has 1 aromatic heterocycles. The second kappa shape index (κ2) is 8.42. The Balaban J connectivity index is 1.34. The van der Waals surface area contributed by atoms with Crippen LogP contribution in [-0.2, 0) is 0 Å². The zero-order valence-corrected chi connectivity index (χ0v) is 15.8. The quantitative estimate of drug-likeness (QED) is 0.821. The van der Waals surface area contributed by atoms with E-state index < -0.39 is 0 Å². The number of anilines is 3. The molecule has 1 aliphatic heterocycles. The average molecular weight is 364 g/mol. The minimum atomic E-state index is -0.0701. The van der Waals surface area contributed by atoms with E-state index in [-0.39, 0.29) is 5.91 Å². The van der Waals surface area contributed by atoms with Crippen molar-refractivity contribution in [3.05, 3.63) is 48.3 Å². The molecule has 2 heterocycles.